The van der Waals surface area contributed by atoms with E-state index in [0.29, 0.717) is 20.9 Å². The summed E-state index contributed by atoms with van der Waals surface area (Å²) in [6.07, 6.45) is 3.44. The van der Waals surface area contributed by atoms with Gasteiger partial charge in [0.25, 0.3) is 0 Å². The molecule has 1 N–H and O–H groups in total. The fourth-order valence-electron chi connectivity index (χ4n) is 3.46. The van der Waals surface area contributed by atoms with Crippen molar-refractivity contribution in [3.63, 3.8) is 0 Å². The molecule has 3 aromatic rings. The lowest BCUT2D eigenvalue weighted by Crippen LogP contribution is -2.15. The topological polar surface area (TPSA) is 59.8 Å². The normalized spacial score (nSPS) is 15.9. The summed E-state index contributed by atoms with van der Waals surface area (Å²) in [5, 5.41) is 15.2. The SMILES string of the molecule is C[C@H]1CCc2c(-c3nnc(SCC(=O)Nc4c(Cl)cccc4Cl)n3C)csc2C1. The van der Waals surface area contributed by atoms with Crippen molar-refractivity contribution in [3.8, 4) is 11.4 Å². The molecule has 2 heterocycles. The van der Waals surface area contributed by atoms with Gasteiger partial charge >= 0.3 is 0 Å². The number of amides is 1. The molecule has 0 fully saturated rings. The number of thiophene rings is 1. The van der Waals surface area contributed by atoms with Gasteiger partial charge in [-0.25, -0.2) is 0 Å². The Kier molecular flexibility index (Phi) is 6.20. The van der Waals surface area contributed by atoms with E-state index in [2.05, 4.69) is 27.8 Å². The highest BCUT2D eigenvalue weighted by Crippen LogP contribution is 2.38. The molecule has 1 atom stereocenters. The number of para-hydroxylation sites is 1. The molecular formula is C20H20Cl2N4OS2. The molecule has 0 unspecified atom stereocenters. The maximum Gasteiger partial charge on any atom is 0.234 e. The second kappa shape index (κ2) is 8.68. The summed E-state index contributed by atoms with van der Waals surface area (Å²) in [6.45, 7) is 2.31. The number of hydrogen-bond donors (Lipinski definition) is 1. The minimum Gasteiger partial charge on any atom is -0.323 e. The van der Waals surface area contributed by atoms with Gasteiger partial charge in [0.2, 0.25) is 5.91 Å². The van der Waals surface area contributed by atoms with Crippen LogP contribution in [-0.4, -0.2) is 26.4 Å². The van der Waals surface area contributed by atoms with E-state index < -0.39 is 0 Å². The predicted octanol–water partition coefficient (Wildman–Crippen LogP) is 5.71. The average molecular weight is 467 g/mol. The standard InChI is InChI=1S/C20H20Cl2N4OS2/c1-11-6-7-12-13(9-28-16(12)8-11)19-24-25-20(26(19)2)29-10-17(27)23-18-14(21)4-3-5-15(18)22/h3-5,9,11H,6-8,10H2,1-2H3,(H,23,27)/t11-/m0/s1. The van der Waals surface area contributed by atoms with E-state index in [1.165, 1.54) is 34.2 Å². The van der Waals surface area contributed by atoms with Crippen LogP contribution in [0.1, 0.15) is 23.8 Å². The van der Waals surface area contributed by atoms with Crippen LogP contribution in [0.2, 0.25) is 10.0 Å². The third-order valence-electron chi connectivity index (χ3n) is 5.04. The number of fused-ring (bicyclic) bond motifs is 1. The number of carbonyl (C=O) groups is 1. The maximum absolute atomic E-state index is 12.4. The third-order valence-corrected chi connectivity index (χ3v) is 7.74. The Morgan fingerprint density at radius 3 is 2.86 bits per heavy atom. The van der Waals surface area contributed by atoms with Crippen molar-refractivity contribution in [1.82, 2.24) is 14.8 Å². The Labute approximate surface area is 187 Å². The summed E-state index contributed by atoms with van der Waals surface area (Å²) in [7, 11) is 1.94. The molecule has 1 aliphatic carbocycles. The number of hydrogen-bond acceptors (Lipinski definition) is 5. The number of benzene rings is 1. The first-order chi connectivity index (χ1) is 13.9. The number of nitrogens with zero attached hydrogens (tertiary/aromatic N) is 3. The minimum atomic E-state index is -0.198. The molecule has 2 aromatic heterocycles. The Bertz CT molecular complexity index is 1040. The lowest BCUT2D eigenvalue weighted by molar-refractivity contribution is -0.113. The minimum absolute atomic E-state index is 0.187. The van der Waals surface area contributed by atoms with Crippen LogP contribution < -0.4 is 5.32 Å². The van der Waals surface area contributed by atoms with Crippen LogP contribution in [0.25, 0.3) is 11.4 Å². The highest BCUT2D eigenvalue weighted by molar-refractivity contribution is 7.99. The van der Waals surface area contributed by atoms with E-state index in [-0.39, 0.29) is 11.7 Å². The van der Waals surface area contributed by atoms with E-state index in [9.17, 15) is 4.79 Å². The first-order valence-electron chi connectivity index (χ1n) is 9.29. The van der Waals surface area contributed by atoms with Crippen molar-refractivity contribution in [2.24, 2.45) is 13.0 Å². The number of aromatic nitrogens is 3. The van der Waals surface area contributed by atoms with Gasteiger partial charge < -0.3 is 9.88 Å². The van der Waals surface area contributed by atoms with Crippen LogP contribution >= 0.6 is 46.3 Å². The number of nitrogens with one attached hydrogen (secondary N) is 1. The smallest absolute Gasteiger partial charge is 0.234 e. The molecular weight excluding hydrogens is 447 g/mol. The molecule has 1 aliphatic rings. The van der Waals surface area contributed by atoms with Crippen molar-refractivity contribution >= 4 is 57.9 Å². The van der Waals surface area contributed by atoms with Crippen LogP contribution in [0.3, 0.4) is 0 Å². The molecule has 1 aromatic carbocycles. The van der Waals surface area contributed by atoms with Crippen molar-refractivity contribution in [3.05, 3.63) is 44.1 Å². The Hall–Kier alpha value is -1.54. The van der Waals surface area contributed by atoms with E-state index in [1.807, 2.05) is 23.0 Å². The van der Waals surface area contributed by atoms with E-state index in [0.717, 1.165) is 24.6 Å². The highest BCUT2D eigenvalue weighted by Gasteiger charge is 2.23. The zero-order valence-electron chi connectivity index (χ0n) is 16.0. The van der Waals surface area contributed by atoms with Gasteiger partial charge in [0.1, 0.15) is 0 Å². The quantitative estimate of drug-likeness (QED) is 0.489. The molecule has 0 bridgehead atoms. The molecule has 152 valence electrons. The van der Waals surface area contributed by atoms with Gasteiger partial charge in [-0.1, -0.05) is 48.0 Å². The summed E-state index contributed by atoms with van der Waals surface area (Å²) >= 11 is 15.4. The number of anilines is 1. The lowest BCUT2D eigenvalue weighted by atomic mass is 9.88. The van der Waals surface area contributed by atoms with Gasteiger partial charge in [0, 0.05) is 22.9 Å². The van der Waals surface area contributed by atoms with Crippen LogP contribution in [0, 0.1) is 5.92 Å². The molecule has 1 amide bonds. The van der Waals surface area contributed by atoms with Crippen molar-refractivity contribution in [2.45, 2.75) is 31.3 Å². The molecule has 0 saturated heterocycles. The predicted molar refractivity (Wildman–Crippen MR) is 121 cm³/mol. The zero-order chi connectivity index (χ0) is 20.5. The summed E-state index contributed by atoms with van der Waals surface area (Å²) in [4.78, 5) is 13.8. The van der Waals surface area contributed by atoms with E-state index in [4.69, 9.17) is 23.2 Å². The molecule has 29 heavy (non-hydrogen) atoms. The highest BCUT2D eigenvalue weighted by atomic mass is 35.5. The van der Waals surface area contributed by atoms with Crippen LogP contribution in [0.15, 0.2) is 28.7 Å². The Morgan fingerprint density at radius 2 is 2.10 bits per heavy atom. The van der Waals surface area contributed by atoms with E-state index >= 15 is 0 Å². The number of halogens is 2. The molecule has 0 aliphatic heterocycles. The van der Waals surface area contributed by atoms with E-state index in [1.54, 1.807) is 18.2 Å². The van der Waals surface area contributed by atoms with Crippen molar-refractivity contribution < 1.29 is 4.79 Å². The second-order valence-electron chi connectivity index (χ2n) is 7.20. The molecule has 4 rings (SSSR count). The second-order valence-corrected chi connectivity index (χ2v) is 9.92. The van der Waals surface area contributed by atoms with Gasteiger partial charge in [0.05, 0.1) is 21.5 Å². The monoisotopic (exact) mass is 466 g/mol. The fourth-order valence-corrected chi connectivity index (χ4v) is 5.91. The average Bonchev–Trinajstić information content (AvgIpc) is 3.26. The van der Waals surface area contributed by atoms with Gasteiger partial charge in [-0.3, -0.25) is 4.79 Å². The molecule has 5 nitrogen and oxygen atoms in total. The maximum atomic E-state index is 12.4. The third kappa shape index (κ3) is 4.33. The van der Waals surface area contributed by atoms with Crippen LogP contribution in [-0.2, 0) is 24.7 Å². The molecule has 9 heteroatoms. The van der Waals surface area contributed by atoms with Gasteiger partial charge in [-0.05, 0) is 42.9 Å². The molecule has 0 radical (unpaired) electrons. The zero-order valence-corrected chi connectivity index (χ0v) is 19.2. The summed E-state index contributed by atoms with van der Waals surface area (Å²) < 4.78 is 1.96. The van der Waals surface area contributed by atoms with Gasteiger partial charge in [0.15, 0.2) is 11.0 Å². The summed E-state index contributed by atoms with van der Waals surface area (Å²) in [5.41, 5.74) is 3.01. The first-order valence-corrected chi connectivity index (χ1v) is 11.9. The number of carbonyl (C=O) groups excluding carboxylic acids is 1. The van der Waals surface area contributed by atoms with Crippen molar-refractivity contribution in [1.29, 1.82) is 0 Å². The van der Waals surface area contributed by atoms with Crippen LogP contribution in [0.4, 0.5) is 5.69 Å². The number of thioether (sulfide) groups is 1. The first kappa shape index (κ1) is 20.7. The number of rotatable bonds is 5. The lowest BCUT2D eigenvalue weighted by Gasteiger charge is -2.18. The van der Waals surface area contributed by atoms with Gasteiger partial charge in [-0.2, -0.15) is 0 Å². The summed E-state index contributed by atoms with van der Waals surface area (Å²) in [5.74, 6) is 1.59. The van der Waals surface area contributed by atoms with Crippen molar-refractivity contribution in [2.75, 3.05) is 11.1 Å². The Balaban J connectivity index is 1.45. The Morgan fingerprint density at radius 1 is 1.34 bits per heavy atom. The fraction of sp³-hybridized carbons (Fsp3) is 0.350. The molecule has 0 spiro atoms. The van der Waals surface area contributed by atoms with Gasteiger partial charge in [-0.15, -0.1) is 21.5 Å². The largest absolute Gasteiger partial charge is 0.323 e. The molecule has 0 saturated carbocycles. The summed E-state index contributed by atoms with van der Waals surface area (Å²) in [6, 6.07) is 5.11. The van der Waals surface area contributed by atoms with Crippen LogP contribution in [0.5, 0.6) is 0 Å².